The van der Waals surface area contributed by atoms with Crippen LogP contribution in [0.2, 0.25) is 0 Å². The van der Waals surface area contributed by atoms with Gasteiger partial charge in [-0.05, 0) is 30.3 Å². The zero-order valence-corrected chi connectivity index (χ0v) is 11.7. The average Bonchev–Trinajstić information content (AvgIpc) is 2.51. The molecule has 0 saturated heterocycles. The number of hydrogen-bond donors (Lipinski definition) is 3. The molecule has 0 aliphatic heterocycles. The molecule has 1 aromatic heterocycles. The van der Waals surface area contributed by atoms with Crippen molar-refractivity contribution in [1.29, 1.82) is 0 Å². The molecule has 114 valence electrons. The molecule has 2 aromatic rings. The van der Waals surface area contributed by atoms with Crippen LogP contribution in [0.1, 0.15) is 16.8 Å². The average molecular weight is 302 g/mol. The predicted octanol–water partition coefficient (Wildman–Crippen LogP) is 1.76. The van der Waals surface area contributed by atoms with Crippen LogP contribution in [0.15, 0.2) is 42.7 Å². The first-order chi connectivity index (χ1) is 10.6. The summed E-state index contributed by atoms with van der Waals surface area (Å²) in [5.41, 5.74) is 6.12. The lowest BCUT2D eigenvalue weighted by Gasteiger charge is -2.12. The van der Waals surface area contributed by atoms with Gasteiger partial charge >= 0.3 is 0 Å². The lowest BCUT2D eigenvalue weighted by molar-refractivity contribution is -0.116. The Balaban J connectivity index is 2.19. The third kappa shape index (κ3) is 4.10. The number of pyridine rings is 1. The number of nitrogens with one attached hydrogen (secondary N) is 2. The molecule has 0 bridgehead atoms. The van der Waals surface area contributed by atoms with Crippen molar-refractivity contribution in [1.82, 2.24) is 4.98 Å². The number of rotatable bonds is 5. The van der Waals surface area contributed by atoms with E-state index < -0.39 is 11.7 Å². The molecule has 0 saturated carbocycles. The van der Waals surface area contributed by atoms with Gasteiger partial charge in [0.1, 0.15) is 5.82 Å². The fourth-order valence-electron chi connectivity index (χ4n) is 1.76. The van der Waals surface area contributed by atoms with Crippen molar-refractivity contribution >= 4 is 23.2 Å². The Hall–Kier alpha value is -2.80. The van der Waals surface area contributed by atoms with E-state index in [-0.39, 0.29) is 24.6 Å². The van der Waals surface area contributed by atoms with Crippen LogP contribution in [-0.2, 0) is 4.79 Å². The van der Waals surface area contributed by atoms with Crippen LogP contribution >= 0.6 is 0 Å². The van der Waals surface area contributed by atoms with Crippen LogP contribution in [0.5, 0.6) is 0 Å². The van der Waals surface area contributed by atoms with Gasteiger partial charge in [0.15, 0.2) is 0 Å². The number of amides is 2. The van der Waals surface area contributed by atoms with Gasteiger partial charge in [0.05, 0.1) is 16.9 Å². The minimum absolute atomic E-state index is 0.104. The van der Waals surface area contributed by atoms with E-state index in [0.717, 1.165) is 6.07 Å². The van der Waals surface area contributed by atoms with Crippen LogP contribution < -0.4 is 16.4 Å². The van der Waals surface area contributed by atoms with Gasteiger partial charge in [-0.25, -0.2) is 4.39 Å². The summed E-state index contributed by atoms with van der Waals surface area (Å²) < 4.78 is 13.3. The summed E-state index contributed by atoms with van der Waals surface area (Å²) in [6.07, 6.45) is 3.06. The van der Waals surface area contributed by atoms with E-state index in [4.69, 9.17) is 5.73 Å². The SMILES string of the molecule is NCCC(=O)Nc1cc(F)ccc1NC(=O)c1cccnc1. The molecule has 0 aliphatic carbocycles. The van der Waals surface area contributed by atoms with E-state index in [9.17, 15) is 14.0 Å². The van der Waals surface area contributed by atoms with Gasteiger partial charge in [-0.3, -0.25) is 14.6 Å². The molecule has 0 atom stereocenters. The fourth-order valence-corrected chi connectivity index (χ4v) is 1.76. The predicted molar refractivity (Wildman–Crippen MR) is 80.9 cm³/mol. The molecule has 7 heteroatoms. The van der Waals surface area contributed by atoms with Crippen molar-refractivity contribution in [2.24, 2.45) is 5.73 Å². The summed E-state index contributed by atoms with van der Waals surface area (Å²) in [6.45, 7) is 0.179. The smallest absolute Gasteiger partial charge is 0.257 e. The van der Waals surface area contributed by atoms with Gasteiger partial charge < -0.3 is 16.4 Å². The normalized spacial score (nSPS) is 10.1. The monoisotopic (exact) mass is 302 g/mol. The molecule has 0 fully saturated rings. The third-order valence-corrected chi connectivity index (χ3v) is 2.80. The van der Waals surface area contributed by atoms with Crippen molar-refractivity contribution in [3.63, 3.8) is 0 Å². The molecule has 6 nitrogen and oxygen atoms in total. The van der Waals surface area contributed by atoms with E-state index >= 15 is 0 Å². The number of aromatic nitrogens is 1. The maximum Gasteiger partial charge on any atom is 0.257 e. The zero-order valence-electron chi connectivity index (χ0n) is 11.7. The van der Waals surface area contributed by atoms with Gasteiger partial charge in [0.25, 0.3) is 5.91 Å². The molecule has 0 spiro atoms. The number of hydrogen-bond acceptors (Lipinski definition) is 4. The maximum atomic E-state index is 13.3. The van der Waals surface area contributed by atoms with Crippen molar-refractivity contribution in [3.05, 3.63) is 54.1 Å². The number of nitrogens with two attached hydrogens (primary N) is 1. The largest absolute Gasteiger partial charge is 0.330 e. The van der Waals surface area contributed by atoms with E-state index in [0.29, 0.717) is 11.3 Å². The molecule has 0 aliphatic rings. The number of anilines is 2. The minimum atomic E-state index is -0.526. The van der Waals surface area contributed by atoms with Crippen molar-refractivity contribution in [2.75, 3.05) is 17.2 Å². The van der Waals surface area contributed by atoms with Crippen LogP contribution in [0, 0.1) is 5.82 Å². The number of carbonyl (C=O) groups excluding carboxylic acids is 2. The lowest BCUT2D eigenvalue weighted by atomic mass is 10.2. The second-order valence-electron chi connectivity index (χ2n) is 4.47. The second kappa shape index (κ2) is 7.28. The molecular weight excluding hydrogens is 287 g/mol. The standard InChI is InChI=1S/C15H15FN4O2/c16-11-3-4-12(13(8-11)19-14(21)5-6-17)20-15(22)10-2-1-7-18-9-10/h1-4,7-9H,5-6,17H2,(H,19,21)(H,20,22). The van der Waals surface area contributed by atoms with Gasteiger partial charge in [-0.15, -0.1) is 0 Å². The van der Waals surface area contributed by atoms with Crippen LogP contribution in [0.25, 0.3) is 0 Å². The highest BCUT2D eigenvalue weighted by atomic mass is 19.1. The Kier molecular flexibility index (Phi) is 5.16. The van der Waals surface area contributed by atoms with Crippen molar-refractivity contribution < 1.29 is 14.0 Å². The van der Waals surface area contributed by atoms with Gasteiger partial charge in [0.2, 0.25) is 5.91 Å². The Morgan fingerprint density at radius 2 is 2.00 bits per heavy atom. The quantitative estimate of drug-likeness (QED) is 0.784. The first-order valence-corrected chi connectivity index (χ1v) is 6.61. The summed E-state index contributed by atoms with van der Waals surface area (Å²) in [7, 11) is 0. The van der Waals surface area contributed by atoms with Gasteiger partial charge in [-0.2, -0.15) is 0 Å². The van der Waals surface area contributed by atoms with E-state index in [1.54, 1.807) is 18.3 Å². The van der Waals surface area contributed by atoms with E-state index in [1.165, 1.54) is 18.3 Å². The number of benzene rings is 1. The summed E-state index contributed by atoms with van der Waals surface area (Å²) >= 11 is 0. The van der Waals surface area contributed by atoms with E-state index in [2.05, 4.69) is 15.6 Å². The number of carbonyl (C=O) groups is 2. The molecule has 22 heavy (non-hydrogen) atoms. The minimum Gasteiger partial charge on any atom is -0.330 e. The number of nitrogens with zero attached hydrogens (tertiary/aromatic N) is 1. The van der Waals surface area contributed by atoms with Crippen molar-refractivity contribution in [3.8, 4) is 0 Å². The molecule has 0 radical (unpaired) electrons. The molecule has 2 amide bonds. The summed E-state index contributed by atoms with van der Waals surface area (Å²) in [6, 6.07) is 6.93. The molecular formula is C15H15FN4O2. The zero-order chi connectivity index (χ0) is 15.9. The molecule has 0 unspecified atom stereocenters. The Labute approximate surface area is 126 Å². The highest BCUT2D eigenvalue weighted by Crippen LogP contribution is 2.23. The Bertz CT molecular complexity index is 676. The molecule has 2 rings (SSSR count). The van der Waals surface area contributed by atoms with Crippen LogP contribution in [0.3, 0.4) is 0 Å². The highest BCUT2D eigenvalue weighted by molar-refractivity contribution is 6.07. The fraction of sp³-hybridized carbons (Fsp3) is 0.133. The van der Waals surface area contributed by atoms with Gasteiger partial charge in [0, 0.05) is 25.4 Å². The van der Waals surface area contributed by atoms with Gasteiger partial charge in [-0.1, -0.05) is 0 Å². The van der Waals surface area contributed by atoms with Crippen molar-refractivity contribution in [2.45, 2.75) is 6.42 Å². The Morgan fingerprint density at radius 1 is 1.18 bits per heavy atom. The van der Waals surface area contributed by atoms with Crippen LogP contribution in [0.4, 0.5) is 15.8 Å². The molecule has 1 heterocycles. The molecule has 4 N–H and O–H groups in total. The summed E-state index contributed by atoms with van der Waals surface area (Å²) in [5.74, 6) is -1.29. The Morgan fingerprint density at radius 3 is 2.68 bits per heavy atom. The lowest BCUT2D eigenvalue weighted by Crippen LogP contribution is -2.19. The highest BCUT2D eigenvalue weighted by Gasteiger charge is 2.12. The first kappa shape index (κ1) is 15.6. The van der Waals surface area contributed by atoms with Crippen LogP contribution in [-0.4, -0.2) is 23.3 Å². The summed E-state index contributed by atoms with van der Waals surface area (Å²) in [5, 5.41) is 5.13. The third-order valence-electron chi connectivity index (χ3n) is 2.80. The number of halogens is 1. The first-order valence-electron chi connectivity index (χ1n) is 6.61. The molecule has 1 aromatic carbocycles. The topological polar surface area (TPSA) is 97.1 Å². The maximum absolute atomic E-state index is 13.3. The second-order valence-corrected chi connectivity index (χ2v) is 4.47. The summed E-state index contributed by atoms with van der Waals surface area (Å²) in [4.78, 5) is 27.5. The van der Waals surface area contributed by atoms with E-state index in [1.807, 2.05) is 0 Å².